The number of hydrogen-bond donors (Lipinski definition) is 2. The Kier molecular flexibility index (Phi) is 3.99. The maximum Gasteiger partial charge on any atom is 0.228 e. The van der Waals surface area contributed by atoms with Crippen LogP contribution in [0, 0.1) is 5.92 Å². The van der Waals surface area contributed by atoms with Crippen molar-refractivity contribution >= 4 is 23.2 Å². The van der Waals surface area contributed by atoms with E-state index in [2.05, 4.69) is 5.32 Å². The molecule has 0 spiro atoms. The van der Waals surface area contributed by atoms with Crippen LogP contribution >= 0.6 is 11.6 Å². The van der Waals surface area contributed by atoms with Crippen LogP contribution in [0.25, 0.3) is 0 Å². The van der Waals surface area contributed by atoms with Crippen molar-refractivity contribution in [1.29, 1.82) is 0 Å². The number of halogens is 1. The van der Waals surface area contributed by atoms with E-state index in [0.29, 0.717) is 17.4 Å². The molecule has 2 aliphatic rings. The Morgan fingerprint density at radius 1 is 1.30 bits per heavy atom. The Balaban J connectivity index is 1.76. The third kappa shape index (κ3) is 2.84. The van der Waals surface area contributed by atoms with Gasteiger partial charge in [-0.25, -0.2) is 0 Å². The van der Waals surface area contributed by atoms with E-state index in [-0.39, 0.29) is 5.91 Å². The minimum Gasteiger partial charge on any atom is -0.388 e. The summed E-state index contributed by atoms with van der Waals surface area (Å²) in [6.45, 7) is 0. The number of carbonyl (C=O) groups is 1. The summed E-state index contributed by atoms with van der Waals surface area (Å²) in [5.41, 5.74) is 2.50. The molecule has 1 unspecified atom stereocenters. The van der Waals surface area contributed by atoms with Gasteiger partial charge in [-0.2, -0.15) is 0 Å². The molecule has 1 aromatic rings. The molecule has 1 aliphatic heterocycles. The van der Waals surface area contributed by atoms with Crippen molar-refractivity contribution in [3.05, 3.63) is 28.3 Å². The predicted octanol–water partition coefficient (Wildman–Crippen LogP) is 3.84. The van der Waals surface area contributed by atoms with Crippen molar-refractivity contribution in [3.63, 3.8) is 0 Å². The molecule has 1 aromatic carbocycles. The molecule has 3 rings (SSSR count). The number of nitrogens with one attached hydrogen (secondary N) is 1. The lowest BCUT2D eigenvalue weighted by Gasteiger charge is -2.24. The second-order valence-electron chi connectivity index (χ2n) is 6.01. The van der Waals surface area contributed by atoms with E-state index >= 15 is 0 Å². The van der Waals surface area contributed by atoms with Gasteiger partial charge < -0.3 is 10.4 Å². The molecule has 0 radical (unpaired) electrons. The van der Waals surface area contributed by atoms with Crippen LogP contribution in [-0.2, 0) is 11.2 Å². The summed E-state index contributed by atoms with van der Waals surface area (Å²) in [4.78, 5) is 11.4. The topological polar surface area (TPSA) is 49.3 Å². The lowest BCUT2D eigenvalue weighted by molar-refractivity contribution is -0.115. The Labute approximate surface area is 124 Å². The zero-order valence-corrected chi connectivity index (χ0v) is 12.2. The average Bonchev–Trinajstić information content (AvgIpc) is 2.78. The van der Waals surface area contributed by atoms with Crippen molar-refractivity contribution in [2.75, 3.05) is 5.32 Å². The number of rotatable bonds is 3. The summed E-state index contributed by atoms with van der Waals surface area (Å²) in [5, 5.41) is 13.8. The molecule has 3 nitrogen and oxygen atoms in total. The smallest absolute Gasteiger partial charge is 0.228 e. The lowest BCUT2D eigenvalue weighted by atomic mass is 9.84. The SMILES string of the molecule is O=C1Cc2cc(C(O)CC3CCCCC3)c(Cl)cc2N1. The second-order valence-corrected chi connectivity index (χ2v) is 6.42. The molecule has 108 valence electrons. The highest BCUT2D eigenvalue weighted by Crippen LogP contribution is 2.37. The largest absolute Gasteiger partial charge is 0.388 e. The number of aliphatic hydroxyl groups is 1. The molecule has 1 heterocycles. The van der Waals surface area contributed by atoms with Gasteiger partial charge in [-0.1, -0.05) is 43.7 Å². The molecule has 2 N–H and O–H groups in total. The van der Waals surface area contributed by atoms with Crippen molar-refractivity contribution < 1.29 is 9.90 Å². The third-order valence-corrected chi connectivity index (χ3v) is 4.82. The number of amides is 1. The molecule has 1 saturated carbocycles. The maximum atomic E-state index is 11.4. The van der Waals surface area contributed by atoms with Gasteiger partial charge in [-0.15, -0.1) is 0 Å². The third-order valence-electron chi connectivity index (χ3n) is 4.49. The monoisotopic (exact) mass is 293 g/mol. The van der Waals surface area contributed by atoms with Gasteiger partial charge in [-0.05, 0) is 35.6 Å². The average molecular weight is 294 g/mol. The molecular formula is C16H20ClNO2. The normalized spacial score (nSPS) is 20.6. The minimum atomic E-state index is -0.522. The summed E-state index contributed by atoms with van der Waals surface area (Å²) in [6.07, 6.45) is 6.92. The fourth-order valence-corrected chi connectivity index (χ4v) is 3.68. The second kappa shape index (κ2) is 5.74. The van der Waals surface area contributed by atoms with Gasteiger partial charge in [0.1, 0.15) is 0 Å². The molecule has 20 heavy (non-hydrogen) atoms. The molecule has 0 saturated heterocycles. The number of carbonyl (C=O) groups excluding carboxylic acids is 1. The molecule has 0 aromatic heterocycles. The van der Waals surface area contributed by atoms with Crippen LogP contribution in [0.2, 0.25) is 5.02 Å². The Bertz CT molecular complexity index is 523. The van der Waals surface area contributed by atoms with E-state index in [1.807, 2.05) is 6.07 Å². The number of aliphatic hydroxyl groups excluding tert-OH is 1. The van der Waals surface area contributed by atoms with Crippen LogP contribution in [0.3, 0.4) is 0 Å². The quantitative estimate of drug-likeness (QED) is 0.889. The predicted molar refractivity (Wildman–Crippen MR) is 79.9 cm³/mol. The van der Waals surface area contributed by atoms with Crippen LogP contribution in [0.5, 0.6) is 0 Å². The molecule has 1 atom stereocenters. The van der Waals surface area contributed by atoms with E-state index in [4.69, 9.17) is 11.6 Å². The Morgan fingerprint density at radius 3 is 2.80 bits per heavy atom. The van der Waals surface area contributed by atoms with Crippen molar-refractivity contribution in [2.24, 2.45) is 5.92 Å². The van der Waals surface area contributed by atoms with Crippen molar-refractivity contribution in [3.8, 4) is 0 Å². The highest BCUT2D eigenvalue weighted by atomic mass is 35.5. The zero-order chi connectivity index (χ0) is 14.1. The Morgan fingerprint density at radius 2 is 2.05 bits per heavy atom. The fourth-order valence-electron chi connectivity index (χ4n) is 3.39. The molecule has 4 heteroatoms. The van der Waals surface area contributed by atoms with Crippen molar-refractivity contribution in [1.82, 2.24) is 0 Å². The first-order valence-corrected chi connectivity index (χ1v) is 7.81. The first kappa shape index (κ1) is 13.9. The number of anilines is 1. The van der Waals surface area contributed by atoms with Gasteiger partial charge in [-0.3, -0.25) is 4.79 Å². The van der Waals surface area contributed by atoms with Crippen LogP contribution in [0.15, 0.2) is 12.1 Å². The Hall–Kier alpha value is -1.06. The van der Waals surface area contributed by atoms with E-state index in [9.17, 15) is 9.90 Å². The molecule has 1 aliphatic carbocycles. The van der Waals surface area contributed by atoms with Gasteiger partial charge in [0, 0.05) is 10.7 Å². The van der Waals surface area contributed by atoms with Crippen LogP contribution in [0.1, 0.15) is 55.8 Å². The number of benzene rings is 1. The summed E-state index contributed by atoms with van der Waals surface area (Å²) in [5.74, 6) is 0.595. The molecule has 1 amide bonds. The summed E-state index contributed by atoms with van der Waals surface area (Å²) < 4.78 is 0. The van der Waals surface area contributed by atoms with Crippen LogP contribution in [-0.4, -0.2) is 11.0 Å². The summed E-state index contributed by atoms with van der Waals surface area (Å²) in [7, 11) is 0. The zero-order valence-electron chi connectivity index (χ0n) is 11.5. The summed E-state index contributed by atoms with van der Waals surface area (Å²) in [6, 6.07) is 3.66. The van der Waals surface area contributed by atoms with E-state index < -0.39 is 6.10 Å². The lowest BCUT2D eigenvalue weighted by Crippen LogP contribution is -2.11. The molecule has 1 fully saturated rings. The maximum absolute atomic E-state index is 11.4. The minimum absolute atomic E-state index is 0.00464. The standard InChI is InChI=1S/C16H20ClNO2/c17-13-9-14-11(8-16(20)18-14)7-12(13)15(19)6-10-4-2-1-3-5-10/h7,9-10,15,19H,1-6,8H2,(H,18,20). The number of hydrogen-bond acceptors (Lipinski definition) is 2. The van der Waals surface area contributed by atoms with E-state index in [0.717, 1.165) is 23.2 Å². The van der Waals surface area contributed by atoms with Gasteiger partial charge in [0.2, 0.25) is 5.91 Å². The first-order valence-electron chi connectivity index (χ1n) is 7.43. The van der Waals surface area contributed by atoms with Crippen LogP contribution < -0.4 is 5.32 Å². The molecular weight excluding hydrogens is 274 g/mol. The van der Waals surface area contributed by atoms with Gasteiger partial charge in [0.05, 0.1) is 12.5 Å². The number of fused-ring (bicyclic) bond motifs is 1. The van der Waals surface area contributed by atoms with Gasteiger partial charge in [0.15, 0.2) is 0 Å². The molecule has 0 bridgehead atoms. The van der Waals surface area contributed by atoms with Crippen molar-refractivity contribution in [2.45, 2.75) is 51.0 Å². The van der Waals surface area contributed by atoms with Gasteiger partial charge in [0.25, 0.3) is 0 Å². The van der Waals surface area contributed by atoms with E-state index in [1.54, 1.807) is 6.07 Å². The van der Waals surface area contributed by atoms with Crippen LogP contribution in [0.4, 0.5) is 5.69 Å². The van der Waals surface area contributed by atoms with E-state index in [1.165, 1.54) is 32.1 Å². The fraction of sp³-hybridized carbons (Fsp3) is 0.562. The summed E-state index contributed by atoms with van der Waals surface area (Å²) >= 11 is 6.26. The highest BCUT2D eigenvalue weighted by molar-refractivity contribution is 6.32. The first-order chi connectivity index (χ1) is 9.63. The highest BCUT2D eigenvalue weighted by Gasteiger charge is 2.24. The van der Waals surface area contributed by atoms with Gasteiger partial charge >= 0.3 is 0 Å².